The fourth-order valence-corrected chi connectivity index (χ4v) is 7.57. The quantitative estimate of drug-likeness (QED) is 0.707. The zero-order chi connectivity index (χ0) is 21.9. The molecule has 168 valence electrons. The van der Waals surface area contributed by atoms with Crippen molar-refractivity contribution >= 4 is 15.4 Å². The fraction of sp³-hybridized carbons (Fsp3) is 0.762. The number of fused-ring (bicyclic) bond motifs is 1. The number of likely N-dealkylation sites (tertiary alicyclic amines) is 1. The molecule has 2 aliphatic carbocycles. The molecule has 2 aliphatic heterocycles. The Morgan fingerprint density at radius 2 is 1.87 bits per heavy atom. The third-order valence-corrected chi connectivity index (χ3v) is 9.15. The Morgan fingerprint density at radius 1 is 1.23 bits per heavy atom. The summed E-state index contributed by atoms with van der Waals surface area (Å²) in [6.45, 7) is 8.87. The molecule has 3 atom stereocenters. The summed E-state index contributed by atoms with van der Waals surface area (Å²) in [6, 6.07) is 2.16. The summed E-state index contributed by atoms with van der Waals surface area (Å²) in [5.74, 6) is 3.00. The van der Waals surface area contributed by atoms with Gasteiger partial charge < -0.3 is 0 Å². The molecule has 2 saturated heterocycles. The summed E-state index contributed by atoms with van der Waals surface area (Å²) >= 11 is 0. The van der Waals surface area contributed by atoms with Gasteiger partial charge in [0.1, 0.15) is 0 Å². The summed E-state index contributed by atoms with van der Waals surface area (Å²) in [5, 5.41) is 3.77. The van der Waals surface area contributed by atoms with Crippen LogP contribution in [0.25, 0.3) is 5.57 Å². The Labute approximate surface area is 176 Å². The van der Waals surface area contributed by atoms with Crippen LogP contribution >= 0.6 is 0 Å². The van der Waals surface area contributed by atoms with Crippen molar-refractivity contribution in [2.45, 2.75) is 57.8 Å². The predicted molar refractivity (Wildman–Crippen MR) is 110 cm³/mol. The first-order valence-corrected chi connectivity index (χ1v) is 12.5. The summed E-state index contributed by atoms with van der Waals surface area (Å²) in [4.78, 5) is 2.60. The second-order valence-electron chi connectivity index (χ2n) is 9.88. The minimum Gasteiger partial charge on any atom is -0.300 e. The topological polar surface area (TPSA) is 55.2 Å². The Kier molecular flexibility index (Phi) is 5.37. The van der Waals surface area contributed by atoms with E-state index in [-0.39, 0.29) is 17.2 Å². The average molecular weight is 446 g/mol. The summed E-state index contributed by atoms with van der Waals surface area (Å²) < 4.78 is 60.7. The maximum Gasteiger partial charge on any atom is 0.417 e. The molecule has 0 radical (unpaired) electrons. The molecule has 9 heteroatoms. The number of sulfone groups is 1. The molecular formula is C21H30F3N3O2S. The molecule has 0 aromatic carbocycles. The second kappa shape index (κ2) is 7.36. The highest BCUT2D eigenvalue weighted by Crippen LogP contribution is 2.54. The van der Waals surface area contributed by atoms with Crippen LogP contribution in [0, 0.1) is 17.3 Å². The molecule has 2 saturated carbocycles. The maximum absolute atomic E-state index is 12.2. The van der Waals surface area contributed by atoms with E-state index < -0.39 is 21.6 Å². The third-order valence-electron chi connectivity index (χ3n) is 7.04. The number of nitrogens with zero attached hydrogens (tertiary/aromatic N) is 3. The van der Waals surface area contributed by atoms with Gasteiger partial charge in [-0.05, 0) is 64.0 Å². The lowest BCUT2D eigenvalue weighted by Crippen LogP contribution is -2.50. The van der Waals surface area contributed by atoms with E-state index in [0.29, 0.717) is 11.5 Å². The maximum atomic E-state index is 12.2. The molecule has 30 heavy (non-hydrogen) atoms. The van der Waals surface area contributed by atoms with Crippen LogP contribution in [0.4, 0.5) is 13.2 Å². The molecule has 1 aromatic rings. The van der Waals surface area contributed by atoms with Crippen LogP contribution in [0.2, 0.25) is 0 Å². The van der Waals surface area contributed by atoms with Gasteiger partial charge in [-0.2, -0.15) is 18.3 Å². The molecule has 4 aliphatic rings. The first-order chi connectivity index (χ1) is 13.9. The van der Waals surface area contributed by atoms with Crippen molar-refractivity contribution in [3.63, 3.8) is 0 Å². The third kappa shape index (κ3) is 4.47. The Hall–Kier alpha value is -1.35. The van der Waals surface area contributed by atoms with Crippen LogP contribution < -0.4 is 0 Å². The van der Waals surface area contributed by atoms with Crippen LogP contribution in [0.5, 0.6) is 0 Å². The Bertz CT molecular complexity index is 900. The Morgan fingerprint density at radius 3 is 2.37 bits per heavy atom. The van der Waals surface area contributed by atoms with Crippen molar-refractivity contribution in [3.8, 4) is 0 Å². The molecule has 0 N–H and O–H groups in total. The van der Waals surface area contributed by atoms with Crippen molar-refractivity contribution in [1.29, 1.82) is 0 Å². The normalized spacial score (nSPS) is 31.2. The molecular weight excluding hydrogens is 415 g/mol. The molecule has 0 amide bonds. The summed E-state index contributed by atoms with van der Waals surface area (Å²) in [7, 11) is -2.65. The van der Waals surface area contributed by atoms with Crippen molar-refractivity contribution in [2.24, 2.45) is 17.3 Å². The van der Waals surface area contributed by atoms with Gasteiger partial charge in [-0.1, -0.05) is 6.58 Å². The number of rotatable bonds is 3. The van der Waals surface area contributed by atoms with E-state index in [1.54, 1.807) is 0 Å². The summed E-state index contributed by atoms with van der Waals surface area (Å²) in [5.41, 5.74) is -0.853. The number of halogens is 3. The van der Waals surface area contributed by atoms with E-state index in [4.69, 9.17) is 0 Å². The fourth-order valence-electron chi connectivity index (χ4n) is 5.32. The molecule has 4 fully saturated rings. The first-order valence-electron chi connectivity index (χ1n) is 10.6. The smallest absolute Gasteiger partial charge is 0.300 e. The van der Waals surface area contributed by atoms with Crippen LogP contribution in [0.3, 0.4) is 0 Å². The number of allylic oxidation sites excluding steroid dienone is 1. The highest BCUT2D eigenvalue weighted by atomic mass is 32.2. The van der Waals surface area contributed by atoms with E-state index in [9.17, 15) is 21.6 Å². The molecule has 5 rings (SSSR count). The van der Waals surface area contributed by atoms with E-state index >= 15 is 0 Å². The van der Waals surface area contributed by atoms with Crippen molar-refractivity contribution < 1.29 is 21.6 Å². The van der Waals surface area contributed by atoms with Crippen molar-refractivity contribution in [1.82, 2.24) is 14.7 Å². The van der Waals surface area contributed by atoms with E-state index in [1.807, 2.05) is 13.8 Å². The monoisotopic (exact) mass is 445 g/mol. The standard InChI is InChI=1S/C12H19NO2S.C9H11F3N2/c14-16(15)7-12(8-16)1-2-13(6-12)11-4-9-3-10(9)5-11;1-6(2)14-5-4-8(13-14)7(3)9(10,11)12/h9-11H,1-8H2;4-6H,3H2,1-2H3/t9-,10+,11?;. The van der Waals surface area contributed by atoms with Gasteiger partial charge in [0.05, 0.1) is 22.8 Å². The van der Waals surface area contributed by atoms with Gasteiger partial charge in [-0.3, -0.25) is 9.58 Å². The molecule has 0 bridgehead atoms. The number of alkyl halides is 3. The Balaban J connectivity index is 0.000000147. The zero-order valence-corrected chi connectivity index (χ0v) is 18.3. The molecule has 1 aromatic heterocycles. The van der Waals surface area contributed by atoms with Crippen LogP contribution in [-0.4, -0.2) is 59.9 Å². The lowest BCUT2D eigenvalue weighted by atomic mass is 9.91. The van der Waals surface area contributed by atoms with Crippen molar-refractivity contribution in [2.75, 3.05) is 24.6 Å². The number of hydrogen-bond donors (Lipinski definition) is 0. The zero-order valence-electron chi connectivity index (χ0n) is 17.5. The number of hydrogen-bond acceptors (Lipinski definition) is 4. The first kappa shape index (κ1) is 21.9. The van der Waals surface area contributed by atoms with E-state index in [2.05, 4.69) is 16.6 Å². The van der Waals surface area contributed by atoms with Crippen LogP contribution in [0.1, 0.15) is 51.3 Å². The molecule has 1 unspecified atom stereocenters. The van der Waals surface area contributed by atoms with Gasteiger partial charge in [0.2, 0.25) is 0 Å². The lowest BCUT2D eigenvalue weighted by Gasteiger charge is -2.38. The van der Waals surface area contributed by atoms with Crippen LogP contribution in [0.15, 0.2) is 18.8 Å². The summed E-state index contributed by atoms with van der Waals surface area (Å²) in [6.07, 6.45) is 2.50. The number of aromatic nitrogens is 2. The van der Waals surface area contributed by atoms with Gasteiger partial charge in [-0.25, -0.2) is 8.42 Å². The largest absolute Gasteiger partial charge is 0.417 e. The predicted octanol–water partition coefficient (Wildman–Crippen LogP) is 3.94. The minimum absolute atomic E-state index is 0.0461. The SMILES string of the molecule is C=C(c1ccn(C(C)C)n1)C(F)(F)F.O=S1(=O)CC2(CCN(C3C[C@@H]4C[C@@H]4C3)C2)C1. The molecule has 5 nitrogen and oxygen atoms in total. The van der Waals surface area contributed by atoms with Gasteiger partial charge in [0.25, 0.3) is 0 Å². The minimum atomic E-state index is -4.41. The van der Waals surface area contributed by atoms with Crippen molar-refractivity contribution in [3.05, 3.63) is 24.5 Å². The van der Waals surface area contributed by atoms with Gasteiger partial charge in [-0.15, -0.1) is 0 Å². The highest BCUT2D eigenvalue weighted by Gasteiger charge is 2.55. The van der Waals surface area contributed by atoms with Gasteiger partial charge >= 0.3 is 6.18 Å². The molecule has 1 spiro atoms. The highest BCUT2D eigenvalue weighted by molar-refractivity contribution is 7.92. The molecule has 3 heterocycles. The van der Waals surface area contributed by atoms with Crippen LogP contribution in [-0.2, 0) is 9.84 Å². The average Bonchev–Trinajstić information content (AvgIpc) is 3.04. The van der Waals surface area contributed by atoms with Gasteiger partial charge in [0.15, 0.2) is 9.84 Å². The van der Waals surface area contributed by atoms with E-state index in [1.165, 1.54) is 36.2 Å². The lowest BCUT2D eigenvalue weighted by molar-refractivity contribution is -0.0689. The van der Waals surface area contributed by atoms with E-state index in [0.717, 1.165) is 37.4 Å². The second-order valence-corrected chi connectivity index (χ2v) is 11.9. The van der Waals surface area contributed by atoms with Gasteiger partial charge in [0, 0.05) is 30.2 Å².